The molecule has 2 N–H and O–H groups in total. The Balaban J connectivity index is 1.96. The highest BCUT2D eigenvalue weighted by atomic mass is 79.9. The summed E-state index contributed by atoms with van der Waals surface area (Å²) >= 11 is 8.65. The van der Waals surface area contributed by atoms with Crippen LogP contribution in [-0.4, -0.2) is 22.9 Å². The molecule has 2 aliphatic rings. The van der Waals surface area contributed by atoms with Gasteiger partial charge in [-0.1, -0.05) is 0 Å². The molecule has 0 spiro atoms. The lowest BCUT2D eigenvalue weighted by molar-refractivity contribution is -0.129. The Morgan fingerprint density at radius 2 is 2.12 bits per heavy atom. The first-order valence-electron chi connectivity index (χ1n) is 5.59. The fourth-order valence-electron chi connectivity index (χ4n) is 2.42. The average Bonchev–Trinajstić information content (AvgIpc) is 2.97. The summed E-state index contributed by atoms with van der Waals surface area (Å²) < 4.78 is 2.11. The lowest BCUT2D eigenvalue weighted by atomic mass is 10.1. The van der Waals surface area contributed by atoms with Crippen molar-refractivity contribution in [2.75, 3.05) is 0 Å². The third-order valence-electron chi connectivity index (χ3n) is 3.30. The van der Waals surface area contributed by atoms with Gasteiger partial charge in [0.25, 0.3) is 0 Å². The van der Waals surface area contributed by atoms with Crippen LogP contribution in [0.4, 0.5) is 0 Å². The van der Waals surface area contributed by atoms with Gasteiger partial charge in [0.15, 0.2) is 0 Å². The van der Waals surface area contributed by atoms with E-state index in [4.69, 9.17) is 5.73 Å². The summed E-state index contributed by atoms with van der Waals surface area (Å²) in [6.07, 6.45) is 2.74. The van der Waals surface area contributed by atoms with E-state index in [9.17, 15) is 4.79 Å². The van der Waals surface area contributed by atoms with E-state index in [-0.39, 0.29) is 18.0 Å². The van der Waals surface area contributed by atoms with Crippen LogP contribution in [-0.2, 0) is 4.79 Å². The molecule has 1 aliphatic heterocycles. The molecule has 0 aromatic carbocycles. The van der Waals surface area contributed by atoms with Crippen LogP contribution in [0.25, 0.3) is 0 Å². The van der Waals surface area contributed by atoms with Gasteiger partial charge >= 0.3 is 0 Å². The van der Waals surface area contributed by atoms with Crippen molar-refractivity contribution in [1.29, 1.82) is 0 Å². The van der Waals surface area contributed by atoms with Gasteiger partial charge in [-0.05, 0) is 50.8 Å². The molecule has 92 valence electrons. The van der Waals surface area contributed by atoms with Crippen LogP contribution in [0.2, 0.25) is 0 Å². The van der Waals surface area contributed by atoms with Gasteiger partial charge in [0.2, 0.25) is 5.91 Å². The van der Waals surface area contributed by atoms with Gasteiger partial charge in [-0.25, -0.2) is 0 Å². The topological polar surface area (TPSA) is 46.3 Å². The molecule has 1 aromatic rings. The molecule has 1 aliphatic carbocycles. The molecule has 1 saturated heterocycles. The zero-order valence-corrected chi connectivity index (χ0v) is 13.0. The Bertz CT molecular complexity index is 453. The monoisotopic (exact) mass is 378 g/mol. The fraction of sp³-hybridized carbons (Fsp3) is 0.545. The highest BCUT2D eigenvalue weighted by Gasteiger charge is 2.46. The van der Waals surface area contributed by atoms with E-state index in [1.807, 2.05) is 4.90 Å². The number of thiophene rings is 1. The van der Waals surface area contributed by atoms with E-state index in [0.717, 1.165) is 21.1 Å². The molecular weight excluding hydrogens is 368 g/mol. The van der Waals surface area contributed by atoms with Crippen LogP contribution < -0.4 is 5.73 Å². The van der Waals surface area contributed by atoms with Gasteiger partial charge < -0.3 is 10.6 Å². The Labute approximate surface area is 121 Å². The summed E-state index contributed by atoms with van der Waals surface area (Å²) in [6.45, 7) is 0. The smallest absolute Gasteiger partial charge is 0.225 e. The highest BCUT2D eigenvalue weighted by molar-refractivity contribution is 9.13. The fourth-order valence-corrected chi connectivity index (χ4v) is 4.69. The minimum atomic E-state index is -0.0689. The van der Waals surface area contributed by atoms with Crippen molar-refractivity contribution >= 4 is 49.1 Å². The standard InChI is InChI=1S/C11H12Br2N2OS/c12-6-3-8(17-11(6)13)10-7(14)4-9(16)15(10)5-1-2-5/h3,5,7,10H,1-2,4,14H2. The Morgan fingerprint density at radius 3 is 2.65 bits per heavy atom. The average molecular weight is 380 g/mol. The van der Waals surface area contributed by atoms with Gasteiger partial charge in [-0.2, -0.15) is 0 Å². The third-order valence-corrected chi connectivity index (χ3v) is 6.63. The van der Waals surface area contributed by atoms with Crippen molar-refractivity contribution in [2.24, 2.45) is 5.73 Å². The van der Waals surface area contributed by atoms with Crippen molar-refractivity contribution in [3.63, 3.8) is 0 Å². The summed E-state index contributed by atoms with van der Waals surface area (Å²) in [4.78, 5) is 15.2. The second-order valence-electron chi connectivity index (χ2n) is 4.62. The number of likely N-dealkylation sites (tertiary alicyclic amines) is 1. The van der Waals surface area contributed by atoms with Crippen molar-refractivity contribution < 1.29 is 4.79 Å². The molecule has 2 fully saturated rings. The minimum Gasteiger partial charge on any atom is -0.330 e. The SMILES string of the molecule is NC1CC(=O)N(C2CC2)C1c1cc(Br)c(Br)s1. The quantitative estimate of drug-likeness (QED) is 0.858. The Hall–Kier alpha value is 0.0900. The zero-order valence-electron chi connectivity index (χ0n) is 9.03. The van der Waals surface area contributed by atoms with Crippen molar-refractivity contribution in [2.45, 2.75) is 37.4 Å². The lowest BCUT2D eigenvalue weighted by Crippen LogP contribution is -2.34. The van der Waals surface area contributed by atoms with E-state index in [2.05, 4.69) is 37.9 Å². The number of carbonyl (C=O) groups excluding carboxylic acids is 1. The molecule has 1 aromatic heterocycles. The number of nitrogens with zero attached hydrogens (tertiary/aromatic N) is 1. The number of hydrogen-bond donors (Lipinski definition) is 1. The van der Waals surface area contributed by atoms with Crippen LogP contribution in [0, 0.1) is 0 Å². The predicted molar refractivity (Wildman–Crippen MR) is 74.9 cm³/mol. The van der Waals surface area contributed by atoms with E-state index in [0.29, 0.717) is 12.5 Å². The van der Waals surface area contributed by atoms with E-state index in [1.54, 1.807) is 11.3 Å². The molecule has 2 unspecified atom stereocenters. The number of hydrogen-bond acceptors (Lipinski definition) is 3. The molecular formula is C11H12Br2N2OS. The molecule has 1 saturated carbocycles. The largest absolute Gasteiger partial charge is 0.330 e. The van der Waals surface area contributed by atoms with Crippen molar-refractivity contribution in [3.8, 4) is 0 Å². The molecule has 3 rings (SSSR count). The van der Waals surface area contributed by atoms with Gasteiger partial charge in [-0.15, -0.1) is 11.3 Å². The van der Waals surface area contributed by atoms with Crippen LogP contribution in [0.3, 0.4) is 0 Å². The van der Waals surface area contributed by atoms with Crippen LogP contribution in [0.1, 0.15) is 30.2 Å². The first-order chi connectivity index (χ1) is 8.08. The van der Waals surface area contributed by atoms with Gasteiger partial charge in [0, 0.05) is 27.9 Å². The second-order valence-corrected chi connectivity index (χ2v) is 7.87. The molecule has 2 heterocycles. The van der Waals surface area contributed by atoms with E-state index < -0.39 is 0 Å². The molecule has 6 heteroatoms. The van der Waals surface area contributed by atoms with E-state index >= 15 is 0 Å². The normalized spacial score (nSPS) is 29.1. The van der Waals surface area contributed by atoms with Gasteiger partial charge in [0.1, 0.15) is 0 Å². The molecule has 1 amide bonds. The molecule has 17 heavy (non-hydrogen) atoms. The van der Waals surface area contributed by atoms with Crippen LogP contribution in [0.5, 0.6) is 0 Å². The van der Waals surface area contributed by atoms with Gasteiger partial charge in [-0.3, -0.25) is 4.79 Å². The first kappa shape index (κ1) is 12.1. The summed E-state index contributed by atoms with van der Waals surface area (Å²) in [7, 11) is 0. The second kappa shape index (κ2) is 4.33. The summed E-state index contributed by atoms with van der Waals surface area (Å²) in [6, 6.07) is 2.51. The molecule has 3 nitrogen and oxygen atoms in total. The highest BCUT2D eigenvalue weighted by Crippen LogP contribution is 2.45. The maximum Gasteiger partial charge on any atom is 0.225 e. The summed E-state index contributed by atoms with van der Waals surface area (Å²) in [5.41, 5.74) is 6.13. The van der Waals surface area contributed by atoms with E-state index in [1.165, 1.54) is 4.88 Å². The number of halogens is 2. The maximum atomic E-state index is 12.0. The summed E-state index contributed by atoms with van der Waals surface area (Å²) in [5, 5.41) is 0. The zero-order chi connectivity index (χ0) is 12.2. The predicted octanol–water partition coefficient (Wildman–Crippen LogP) is 3.04. The number of rotatable bonds is 2. The number of nitrogens with two attached hydrogens (primary N) is 1. The molecule has 0 bridgehead atoms. The number of amides is 1. The summed E-state index contributed by atoms with van der Waals surface area (Å²) in [5.74, 6) is 0.214. The van der Waals surface area contributed by atoms with Crippen molar-refractivity contribution in [3.05, 3.63) is 19.2 Å². The maximum absolute atomic E-state index is 12.0. The molecule has 0 radical (unpaired) electrons. The number of carbonyl (C=O) groups is 1. The van der Waals surface area contributed by atoms with Crippen molar-refractivity contribution in [1.82, 2.24) is 4.90 Å². The third kappa shape index (κ3) is 2.09. The first-order valence-corrected chi connectivity index (χ1v) is 7.99. The Kier molecular flexibility index (Phi) is 3.09. The molecule has 2 atom stereocenters. The lowest BCUT2D eigenvalue weighted by Gasteiger charge is -2.25. The van der Waals surface area contributed by atoms with Gasteiger partial charge in [0.05, 0.1) is 9.83 Å². The van der Waals surface area contributed by atoms with Crippen LogP contribution >= 0.6 is 43.2 Å². The Morgan fingerprint density at radius 1 is 1.41 bits per heavy atom. The minimum absolute atomic E-state index is 0.0689. The van der Waals surface area contributed by atoms with Crippen LogP contribution in [0.15, 0.2) is 14.3 Å².